The molecule has 0 radical (unpaired) electrons. The first kappa shape index (κ1) is 12.3. The topological polar surface area (TPSA) is 67.5 Å². The van der Waals surface area contributed by atoms with E-state index in [1.165, 1.54) is 0 Å². The summed E-state index contributed by atoms with van der Waals surface area (Å²) in [5.74, 6) is 0. The van der Waals surface area contributed by atoms with Gasteiger partial charge in [-0.05, 0) is 5.56 Å². The van der Waals surface area contributed by atoms with Crippen molar-refractivity contribution in [1.29, 1.82) is 0 Å². The van der Waals surface area contributed by atoms with Crippen LogP contribution in [0.15, 0.2) is 42.9 Å². The Morgan fingerprint density at radius 1 is 1.26 bits per heavy atom. The second kappa shape index (κ2) is 5.13. The molecule has 5 heteroatoms. The van der Waals surface area contributed by atoms with E-state index in [0.29, 0.717) is 13.2 Å². The van der Waals surface area contributed by atoms with Crippen molar-refractivity contribution in [2.75, 3.05) is 0 Å². The molecule has 0 spiro atoms. The second-order valence-electron chi connectivity index (χ2n) is 4.75. The molecule has 1 aliphatic heterocycles. The molecular formula is C14H16N2O3. The van der Waals surface area contributed by atoms with E-state index in [1.807, 2.05) is 34.9 Å². The highest BCUT2D eigenvalue weighted by molar-refractivity contribution is 5.15. The Morgan fingerprint density at radius 2 is 2.05 bits per heavy atom. The number of hydrogen-bond acceptors (Lipinski definition) is 4. The van der Waals surface area contributed by atoms with Gasteiger partial charge >= 0.3 is 0 Å². The third kappa shape index (κ3) is 2.40. The summed E-state index contributed by atoms with van der Waals surface area (Å²) in [4.78, 5) is 4.04. The van der Waals surface area contributed by atoms with Crippen molar-refractivity contribution in [1.82, 2.24) is 9.55 Å². The molecule has 2 heterocycles. The van der Waals surface area contributed by atoms with Crippen LogP contribution in [0.25, 0.3) is 0 Å². The fraction of sp³-hybridized carbons (Fsp3) is 0.357. The molecule has 0 bridgehead atoms. The number of nitrogens with zero attached hydrogens (tertiary/aromatic N) is 2. The number of aliphatic hydroxyl groups is 2. The van der Waals surface area contributed by atoms with Crippen molar-refractivity contribution in [2.45, 2.75) is 31.5 Å². The lowest BCUT2D eigenvalue weighted by atomic mass is 10.0. The van der Waals surface area contributed by atoms with Crippen LogP contribution in [-0.4, -0.2) is 32.0 Å². The first-order valence-electron chi connectivity index (χ1n) is 6.27. The molecule has 1 aromatic heterocycles. The van der Waals surface area contributed by atoms with Crippen molar-refractivity contribution in [3.8, 4) is 0 Å². The number of benzene rings is 1. The normalized spacial score (nSPS) is 26.1. The largest absolute Gasteiger partial charge is 0.388 e. The molecule has 3 rings (SSSR count). The van der Waals surface area contributed by atoms with E-state index in [2.05, 4.69) is 4.98 Å². The Bertz CT molecular complexity index is 541. The number of hydrogen-bond donors (Lipinski definition) is 2. The number of ether oxygens (including phenoxy) is 1. The van der Waals surface area contributed by atoms with E-state index in [9.17, 15) is 10.2 Å². The lowest BCUT2D eigenvalue weighted by Gasteiger charge is -2.32. The SMILES string of the molecule is O[C@@H]1[C@H](O)Cn2cncc2[C@@H]1OCc1ccccc1. The van der Waals surface area contributed by atoms with Gasteiger partial charge in [-0.25, -0.2) is 4.98 Å². The summed E-state index contributed by atoms with van der Waals surface area (Å²) in [5.41, 5.74) is 1.83. The standard InChI is InChI=1S/C14H16N2O3/c17-12-7-16-9-15-6-11(16)14(13(12)18)19-8-10-4-2-1-3-5-10/h1-6,9,12-14,17-18H,7-8H2/t12-,13-,14+/m1/s1. The second-order valence-corrected chi connectivity index (χ2v) is 4.75. The van der Waals surface area contributed by atoms with Crippen molar-refractivity contribution in [2.24, 2.45) is 0 Å². The summed E-state index contributed by atoms with van der Waals surface area (Å²) in [7, 11) is 0. The molecule has 19 heavy (non-hydrogen) atoms. The van der Waals surface area contributed by atoms with Crippen molar-refractivity contribution >= 4 is 0 Å². The molecule has 2 aromatic rings. The molecule has 5 nitrogen and oxygen atoms in total. The van der Waals surface area contributed by atoms with Crippen LogP contribution in [0.5, 0.6) is 0 Å². The van der Waals surface area contributed by atoms with Crippen LogP contribution in [-0.2, 0) is 17.9 Å². The maximum absolute atomic E-state index is 10.1. The van der Waals surface area contributed by atoms with Gasteiger partial charge in [0.2, 0.25) is 0 Å². The van der Waals surface area contributed by atoms with Crippen LogP contribution in [0.1, 0.15) is 17.4 Å². The van der Waals surface area contributed by atoms with Crippen molar-refractivity contribution in [3.05, 3.63) is 54.1 Å². The predicted molar refractivity (Wildman–Crippen MR) is 68.2 cm³/mol. The maximum atomic E-state index is 10.1. The molecule has 1 aromatic carbocycles. The lowest BCUT2D eigenvalue weighted by Crippen LogP contribution is -2.42. The minimum atomic E-state index is -0.923. The van der Waals surface area contributed by atoms with Gasteiger partial charge in [-0.3, -0.25) is 0 Å². The molecule has 1 aliphatic rings. The van der Waals surface area contributed by atoms with E-state index in [4.69, 9.17) is 4.74 Å². The van der Waals surface area contributed by atoms with Gasteiger partial charge in [0.25, 0.3) is 0 Å². The van der Waals surface area contributed by atoms with E-state index in [0.717, 1.165) is 11.3 Å². The summed E-state index contributed by atoms with van der Waals surface area (Å²) < 4.78 is 7.58. The molecule has 0 unspecified atom stereocenters. The summed E-state index contributed by atoms with van der Waals surface area (Å²) in [6.45, 7) is 0.738. The Kier molecular flexibility index (Phi) is 3.33. The summed E-state index contributed by atoms with van der Waals surface area (Å²) in [6.07, 6.45) is 1.01. The van der Waals surface area contributed by atoms with Gasteiger partial charge in [0.1, 0.15) is 18.3 Å². The minimum Gasteiger partial charge on any atom is -0.388 e. The Balaban J connectivity index is 1.77. The average Bonchev–Trinajstić information content (AvgIpc) is 2.88. The van der Waals surface area contributed by atoms with Crippen LogP contribution in [0.3, 0.4) is 0 Å². The van der Waals surface area contributed by atoms with Gasteiger partial charge in [-0.15, -0.1) is 0 Å². The van der Waals surface area contributed by atoms with Gasteiger partial charge in [0.05, 0.1) is 31.4 Å². The highest BCUT2D eigenvalue weighted by Crippen LogP contribution is 2.29. The van der Waals surface area contributed by atoms with E-state index in [1.54, 1.807) is 12.5 Å². The molecule has 0 amide bonds. The van der Waals surface area contributed by atoms with Gasteiger partial charge in [0, 0.05) is 0 Å². The van der Waals surface area contributed by atoms with Crippen molar-refractivity contribution < 1.29 is 14.9 Å². The maximum Gasteiger partial charge on any atom is 0.128 e. The van der Waals surface area contributed by atoms with Crippen molar-refractivity contribution in [3.63, 3.8) is 0 Å². The third-order valence-corrected chi connectivity index (χ3v) is 3.40. The zero-order valence-corrected chi connectivity index (χ0v) is 10.4. The first-order valence-corrected chi connectivity index (χ1v) is 6.27. The smallest absolute Gasteiger partial charge is 0.128 e. The monoisotopic (exact) mass is 260 g/mol. The average molecular weight is 260 g/mol. The third-order valence-electron chi connectivity index (χ3n) is 3.40. The molecule has 2 N–H and O–H groups in total. The molecule has 3 atom stereocenters. The van der Waals surface area contributed by atoms with Gasteiger partial charge in [0.15, 0.2) is 0 Å². The number of aliphatic hydroxyl groups excluding tert-OH is 2. The Labute approximate surface area is 111 Å². The molecule has 0 saturated heterocycles. The Morgan fingerprint density at radius 3 is 2.84 bits per heavy atom. The van der Waals surface area contributed by atoms with Gasteiger partial charge in [-0.1, -0.05) is 30.3 Å². The van der Waals surface area contributed by atoms with Gasteiger partial charge in [-0.2, -0.15) is 0 Å². The summed E-state index contributed by atoms with van der Waals surface area (Å²) in [6, 6.07) is 9.74. The predicted octanol–water partition coefficient (Wildman–Crippen LogP) is 0.876. The fourth-order valence-corrected chi connectivity index (χ4v) is 2.35. The Hall–Kier alpha value is -1.69. The molecule has 0 saturated carbocycles. The molecule has 0 aliphatic carbocycles. The number of imidazole rings is 1. The zero-order valence-electron chi connectivity index (χ0n) is 10.4. The summed E-state index contributed by atoms with van der Waals surface area (Å²) in [5, 5.41) is 19.9. The number of fused-ring (bicyclic) bond motifs is 1. The molecule has 100 valence electrons. The summed E-state index contributed by atoms with van der Waals surface area (Å²) >= 11 is 0. The number of rotatable bonds is 3. The minimum absolute atomic E-state index is 0.349. The van der Waals surface area contributed by atoms with Crippen LogP contribution in [0.4, 0.5) is 0 Å². The van der Waals surface area contributed by atoms with Crippen LogP contribution < -0.4 is 0 Å². The molecular weight excluding hydrogens is 244 g/mol. The van der Waals surface area contributed by atoms with Gasteiger partial charge < -0.3 is 19.5 Å². The zero-order chi connectivity index (χ0) is 13.2. The lowest BCUT2D eigenvalue weighted by molar-refractivity contribution is -0.117. The fourth-order valence-electron chi connectivity index (χ4n) is 2.35. The quantitative estimate of drug-likeness (QED) is 0.859. The molecule has 0 fully saturated rings. The van der Waals surface area contributed by atoms with E-state index < -0.39 is 18.3 Å². The number of aromatic nitrogens is 2. The van der Waals surface area contributed by atoms with E-state index in [-0.39, 0.29) is 0 Å². The highest BCUT2D eigenvalue weighted by atomic mass is 16.5. The van der Waals surface area contributed by atoms with Crippen LogP contribution in [0, 0.1) is 0 Å². The van der Waals surface area contributed by atoms with Crippen LogP contribution in [0.2, 0.25) is 0 Å². The highest BCUT2D eigenvalue weighted by Gasteiger charge is 2.35. The van der Waals surface area contributed by atoms with E-state index >= 15 is 0 Å². The van der Waals surface area contributed by atoms with Crippen LogP contribution >= 0.6 is 0 Å². The first-order chi connectivity index (χ1) is 9.25.